The van der Waals surface area contributed by atoms with Crippen molar-refractivity contribution in [3.05, 3.63) is 0 Å². The lowest BCUT2D eigenvalue weighted by Crippen LogP contribution is -2.23. The van der Waals surface area contributed by atoms with Gasteiger partial charge >= 0.3 is 6.16 Å². The molecule has 1 unspecified atom stereocenters. The average Bonchev–Trinajstić information content (AvgIpc) is 2.24. The molecule has 0 aliphatic carbocycles. The van der Waals surface area contributed by atoms with Gasteiger partial charge in [-0.25, -0.2) is 4.79 Å². The van der Waals surface area contributed by atoms with Crippen LogP contribution in [0.5, 0.6) is 0 Å². The molecule has 0 aromatic carbocycles. The van der Waals surface area contributed by atoms with Crippen LogP contribution in [0.4, 0.5) is 4.79 Å². The maximum atomic E-state index is 11.4. The largest absolute Gasteiger partial charge is 0.508 e. The van der Waals surface area contributed by atoms with E-state index in [1.165, 1.54) is 12.8 Å². The minimum Gasteiger partial charge on any atom is -0.434 e. The van der Waals surface area contributed by atoms with E-state index in [1.807, 2.05) is 27.7 Å². The summed E-state index contributed by atoms with van der Waals surface area (Å²) in [6.45, 7) is 10.7. The molecule has 0 fully saturated rings. The maximum absolute atomic E-state index is 11.4. The summed E-state index contributed by atoms with van der Waals surface area (Å²) in [5.41, 5.74) is -0.0110. The van der Waals surface area contributed by atoms with Crippen LogP contribution in [0.2, 0.25) is 0 Å². The summed E-state index contributed by atoms with van der Waals surface area (Å²) < 4.78 is 10.4. The predicted octanol–water partition coefficient (Wildman–Crippen LogP) is 4.54. The fraction of sp³-hybridized carbons (Fsp3) is 0.929. The fourth-order valence-corrected chi connectivity index (χ4v) is 1.41. The van der Waals surface area contributed by atoms with Gasteiger partial charge in [-0.15, -0.1) is 0 Å². The van der Waals surface area contributed by atoms with Crippen molar-refractivity contribution in [2.24, 2.45) is 5.41 Å². The van der Waals surface area contributed by atoms with Crippen molar-refractivity contribution in [2.45, 2.75) is 72.8 Å². The molecule has 102 valence electrons. The highest BCUT2D eigenvalue weighted by Crippen LogP contribution is 2.15. The highest BCUT2D eigenvalue weighted by Gasteiger charge is 2.17. The highest BCUT2D eigenvalue weighted by molar-refractivity contribution is 5.60. The van der Waals surface area contributed by atoms with Gasteiger partial charge in [0.15, 0.2) is 0 Å². The van der Waals surface area contributed by atoms with Gasteiger partial charge in [-0.3, -0.25) is 0 Å². The first-order valence-corrected chi connectivity index (χ1v) is 6.72. The van der Waals surface area contributed by atoms with Crippen molar-refractivity contribution in [1.82, 2.24) is 0 Å². The highest BCUT2D eigenvalue weighted by atomic mass is 16.7. The van der Waals surface area contributed by atoms with E-state index in [4.69, 9.17) is 9.47 Å². The lowest BCUT2D eigenvalue weighted by molar-refractivity contribution is 0.00327. The van der Waals surface area contributed by atoms with Crippen LogP contribution >= 0.6 is 0 Å². The number of unbranched alkanes of at least 4 members (excludes halogenated alkanes) is 2. The molecule has 0 spiro atoms. The van der Waals surface area contributed by atoms with Crippen LogP contribution in [-0.4, -0.2) is 18.9 Å². The van der Waals surface area contributed by atoms with Crippen molar-refractivity contribution < 1.29 is 14.3 Å². The van der Waals surface area contributed by atoms with Gasteiger partial charge in [0.25, 0.3) is 0 Å². The Labute approximate surface area is 106 Å². The monoisotopic (exact) mass is 244 g/mol. The Morgan fingerprint density at radius 3 is 2.29 bits per heavy atom. The van der Waals surface area contributed by atoms with Gasteiger partial charge in [0.2, 0.25) is 0 Å². The topological polar surface area (TPSA) is 35.5 Å². The Bertz CT molecular complexity index is 206. The molecule has 0 aromatic heterocycles. The van der Waals surface area contributed by atoms with E-state index in [1.54, 1.807) is 0 Å². The summed E-state index contributed by atoms with van der Waals surface area (Å²) in [5, 5.41) is 0. The number of ether oxygens (including phenoxy) is 2. The summed E-state index contributed by atoms with van der Waals surface area (Å²) in [7, 11) is 0. The van der Waals surface area contributed by atoms with E-state index in [2.05, 4.69) is 6.92 Å². The van der Waals surface area contributed by atoms with Crippen LogP contribution in [0.15, 0.2) is 0 Å². The van der Waals surface area contributed by atoms with E-state index in [9.17, 15) is 4.79 Å². The van der Waals surface area contributed by atoms with Gasteiger partial charge in [-0.1, -0.05) is 47.5 Å². The van der Waals surface area contributed by atoms with Crippen LogP contribution < -0.4 is 0 Å². The van der Waals surface area contributed by atoms with E-state index < -0.39 is 6.16 Å². The summed E-state index contributed by atoms with van der Waals surface area (Å²) in [6.07, 6.45) is 4.77. The van der Waals surface area contributed by atoms with Crippen LogP contribution in [0, 0.1) is 5.41 Å². The van der Waals surface area contributed by atoms with Crippen molar-refractivity contribution in [3.8, 4) is 0 Å². The van der Waals surface area contributed by atoms with Crippen LogP contribution in [0.3, 0.4) is 0 Å². The normalized spacial score (nSPS) is 13.2. The van der Waals surface area contributed by atoms with E-state index in [0.29, 0.717) is 6.61 Å². The molecular formula is C14H28O3. The van der Waals surface area contributed by atoms with Gasteiger partial charge in [0, 0.05) is 0 Å². The average molecular weight is 244 g/mol. The molecule has 0 N–H and O–H groups in total. The number of hydrogen-bond donors (Lipinski definition) is 0. The molecule has 1 atom stereocenters. The number of carbonyl (C=O) groups excluding carboxylic acids is 1. The third-order valence-electron chi connectivity index (χ3n) is 2.47. The molecule has 0 aliphatic rings. The fourth-order valence-electron chi connectivity index (χ4n) is 1.41. The van der Waals surface area contributed by atoms with Gasteiger partial charge in [0.05, 0.1) is 6.61 Å². The Morgan fingerprint density at radius 1 is 1.18 bits per heavy atom. The molecule has 0 radical (unpaired) electrons. The lowest BCUT2D eigenvalue weighted by Gasteiger charge is -2.20. The molecule has 17 heavy (non-hydrogen) atoms. The molecule has 0 saturated carbocycles. The third kappa shape index (κ3) is 10.2. The van der Waals surface area contributed by atoms with E-state index in [0.717, 1.165) is 19.3 Å². The Morgan fingerprint density at radius 2 is 1.82 bits per heavy atom. The molecule has 0 heterocycles. The third-order valence-corrected chi connectivity index (χ3v) is 2.47. The first-order valence-electron chi connectivity index (χ1n) is 6.72. The van der Waals surface area contributed by atoms with Crippen molar-refractivity contribution in [2.75, 3.05) is 6.61 Å². The molecule has 0 aliphatic heterocycles. The first-order chi connectivity index (χ1) is 7.89. The molecule has 0 aromatic rings. The molecule has 0 amide bonds. The zero-order valence-electron chi connectivity index (χ0n) is 12.0. The van der Waals surface area contributed by atoms with Gasteiger partial charge < -0.3 is 9.47 Å². The van der Waals surface area contributed by atoms with E-state index in [-0.39, 0.29) is 11.5 Å². The van der Waals surface area contributed by atoms with Gasteiger partial charge in [-0.2, -0.15) is 0 Å². The molecular weight excluding hydrogens is 216 g/mol. The minimum absolute atomic E-state index is 0.00835. The molecule has 3 heteroatoms. The zero-order chi connectivity index (χ0) is 13.3. The van der Waals surface area contributed by atoms with Crippen LogP contribution in [0.25, 0.3) is 0 Å². The Balaban J connectivity index is 3.82. The second-order valence-corrected chi connectivity index (χ2v) is 5.74. The minimum atomic E-state index is -0.525. The van der Waals surface area contributed by atoms with Crippen molar-refractivity contribution in [3.63, 3.8) is 0 Å². The van der Waals surface area contributed by atoms with Gasteiger partial charge in [-0.05, 0) is 24.7 Å². The first kappa shape index (κ1) is 16.3. The summed E-state index contributed by atoms with van der Waals surface area (Å²) in [6, 6.07) is 0. The quantitative estimate of drug-likeness (QED) is 0.487. The van der Waals surface area contributed by atoms with Crippen molar-refractivity contribution >= 4 is 6.16 Å². The van der Waals surface area contributed by atoms with Crippen LogP contribution in [-0.2, 0) is 9.47 Å². The molecule has 0 bridgehead atoms. The number of carbonyl (C=O) groups is 1. The Kier molecular flexibility index (Phi) is 8.01. The smallest absolute Gasteiger partial charge is 0.434 e. The number of hydrogen-bond acceptors (Lipinski definition) is 3. The molecule has 0 saturated heterocycles. The second-order valence-electron chi connectivity index (χ2n) is 5.74. The summed E-state index contributed by atoms with van der Waals surface area (Å²) in [4.78, 5) is 11.4. The van der Waals surface area contributed by atoms with Crippen molar-refractivity contribution in [1.29, 1.82) is 0 Å². The van der Waals surface area contributed by atoms with E-state index >= 15 is 0 Å². The molecule has 0 rings (SSSR count). The lowest BCUT2D eigenvalue weighted by atomic mass is 9.99. The SMILES string of the molecule is CCCCCC(CC)OC(=O)OCC(C)(C)C. The number of rotatable bonds is 7. The standard InChI is InChI=1S/C14H28O3/c1-6-8-9-10-12(7-2)17-13(15)16-11-14(3,4)5/h12H,6-11H2,1-5H3. The second kappa shape index (κ2) is 8.37. The molecule has 3 nitrogen and oxygen atoms in total. The Hall–Kier alpha value is -0.730. The van der Waals surface area contributed by atoms with Gasteiger partial charge in [0.1, 0.15) is 6.10 Å². The summed E-state index contributed by atoms with van der Waals surface area (Å²) >= 11 is 0. The summed E-state index contributed by atoms with van der Waals surface area (Å²) in [5.74, 6) is 0. The van der Waals surface area contributed by atoms with Crippen LogP contribution in [0.1, 0.15) is 66.7 Å². The maximum Gasteiger partial charge on any atom is 0.508 e. The zero-order valence-corrected chi connectivity index (χ0v) is 12.0. The predicted molar refractivity (Wildman–Crippen MR) is 70.1 cm³/mol.